The van der Waals surface area contributed by atoms with E-state index in [1.54, 1.807) is 23.5 Å². The van der Waals surface area contributed by atoms with Gasteiger partial charge in [0.15, 0.2) is 5.60 Å². The van der Waals surface area contributed by atoms with Crippen molar-refractivity contribution in [2.24, 2.45) is 0 Å². The van der Waals surface area contributed by atoms with E-state index in [0.29, 0.717) is 0 Å². The van der Waals surface area contributed by atoms with E-state index in [1.165, 1.54) is 52.8 Å². The van der Waals surface area contributed by atoms with Crippen molar-refractivity contribution in [2.45, 2.75) is 44.4 Å². The summed E-state index contributed by atoms with van der Waals surface area (Å²) >= 11 is 3.55. The first-order chi connectivity index (χ1) is 24.0. The molecular formula is C46H34OS2. The van der Waals surface area contributed by atoms with Crippen LogP contribution in [-0.2, 0) is 11.0 Å². The lowest BCUT2D eigenvalue weighted by atomic mass is 9.77. The quantitative estimate of drug-likeness (QED) is 0.175. The van der Waals surface area contributed by atoms with Gasteiger partial charge in [-0.2, -0.15) is 0 Å². The van der Waals surface area contributed by atoms with Crippen LogP contribution in [0, 0.1) is 0 Å². The molecule has 0 spiro atoms. The molecule has 0 unspecified atom stereocenters. The highest BCUT2D eigenvalue weighted by atomic mass is 32.2. The highest BCUT2D eigenvalue weighted by molar-refractivity contribution is 7.99. The fraction of sp³-hybridized carbons (Fsp3) is 0.0870. The van der Waals surface area contributed by atoms with Gasteiger partial charge in [0.1, 0.15) is 5.75 Å². The van der Waals surface area contributed by atoms with Gasteiger partial charge in [0.05, 0.1) is 0 Å². The summed E-state index contributed by atoms with van der Waals surface area (Å²) in [6, 6.07) is 56.6. The molecule has 0 aromatic heterocycles. The lowest BCUT2D eigenvalue weighted by Gasteiger charge is -2.38. The lowest BCUT2D eigenvalue weighted by Crippen LogP contribution is -2.35. The predicted octanol–water partition coefficient (Wildman–Crippen LogP) is 12.8. The smallest absolute Gasteiger partial charge is 0.178 e. The minimum absolute atomic E-state index is 0.166. The highest BCUT2D eigenvalue weighted by Crippen LogP contribution is 2.58. The summed E-state index contributed by atoms with van der Waals surface area (Å²) in [5.74, 6) is 0.947. The average Bonchev–Trinajstić information content (AvgIpc) is 3.40. The molecule has 1 aliphatic carbocycles. The van der Waals surface area contributed by atoms with Gasteiger partial charge >= 0.3 is 0 Å². The molecule has 7 aromatic carbocycles. The van der Waals surface area contributed by atoms with Crippen molar-refractivity contribution in [3.05, 3.63) is 192 Å². The van der Waals surface area contributed by atoms with Crippen LogP contribution in [-0.4, -0.2) is 0 Å². The zero-order valence-corrected chi connectivity index (χ0v) is 29.0. The molecule has 0 saturated carbocycles. The maximum Gasteiger partial charge on any atom is 0.178 e. The largest absolute Gasteiger partial charge is 0.472 e. The Morgan fingerprint density at radius 2 is 0.980 bits per heavy atom. The number of hydrogen-bond acceptors (Lipinski definition) is 3. The fourth-order valence-electron chi connectivity index (χ4n) is 7.67. The Bertz CT molecular complexity index is 2270. The molecule has 0 radical (unpaired) electrons. The van der Waals surface area contributed by atoms with Crippen LogP contribution in [0.15, 0.2) is 183 Å². The Morgan fingerprint density at radius 1 is 0.490 bits per heavy atom. The second kappa shape index (κ2) is 11.9. The van der Waals surface area contributed by atoms with Gasteiger partial charge in [-0.25, -0.2) is 0 Å². The van der Waals surface area contributed by atoms with E-state index in [0.717, 1.165) is 22.3 Å². The second-order valence-corrected chi connectivity index (χ2v) is 15.6. The van der Waals surface area contributed by atoms with Crippen LogP contribution < -0.4 is 4.74 Å². The minimum Gasteiger partial charge on any atom is -0.472 e. The summed E-state index contributed by atoms with van der Waals surface area (Å²) < 4.78 is 7.54. The Morgan fingerprint density at radius 3 is 1.57 bits per heavy atom. The standard InChI is InChI=1S/C46H34OS2/c1-45(2)41-20-12-11-19-39(41)42-37-17-9-10-18-38(37)44-40(43(42)45)29-30-46(47-44,31-21-25-35(26-22-31)48-33-13-5-3-6-14-33)32-23-27-36(28-24-32)49-34-15-7-4-8-16-34/h3-30H,1-2H3. The molecule has 0 N–H and O–H groups in total. The molecular weight excluding hydrogens is 633 g/mol. The number of rotatable bonds is 6. The van der Waals surface area contributed by atoms with Crippen LogP contribution in [0.2, 0.25) is 0 Å². The van der Waals surface area contributed by atoms with Crippen molar-refractivity contribution in [3.63, 3.8) is 0 Å². The second-order valence-electron chi connectivity index (χ2n) is 13.3. The molecule has 0 atom stereocenters. The van der Waals surface area contributed by atoms with Gasteiger partial charge < -0.3 is 4.74 Å². The van der Waals surface area contributed by atoms with Gasteiger partial charge in [-0.1, -0.05) is 153 Å². The molecule has 0 saturated heterocycles. The van der Waals surface area contributed by atoms with Crippen LogP contribution in [0.5, 0.6) is 5.75 Å². The van der Waals surface area contributed by atoms with Crippen molar-refractivity contribution in [3.8, 4) is 16.9 Å². The Balaban J connectivity index is 1.20. The minimum atomic E-state index is -0.814. The van der Waals surface area contributed by atoms with Crippen molar-refractivity contribution >= 4 is 40.4 Å². The number of hydrogen-bond donors (Lipinski definition) is 0. The highest BCUT2D eigenvalue weighted by Gasteiger charge is 2.44. The molecule has 0 fully saturated rings. The summed E-state index contributed by atoms with van der Waals surface area (Å²) in [4.78, 5) is 4.84. The molecule has 9 rings (SSSR count). The fourth-order valence-corrected chi connectivity index (χ4v) is 9.34. The van der Waals surface area contributed by atoms with E-state index in [2.05, 4.69) is 184 Å². The summed E-state index contributed by atoms with van der Waals surface area (Å²) in [6.45, 7) is 4.71. The topological polar surface area (TPSA) is 9.23 Å². The normalized spacial score (nSPS) is 14.9. The number of fused-ring (bicyclic) bond motifs is 8. The van der Waals surface area contributed by atoms with Gasteiger partial charge in [-0.15, -0.1) is 0 Å². The van der Waals surface area contributed by atoms with Gasteiger partial charge in [-0.05, 0) is 82.2 Å². The zero-order valence-electron chi connectivity index (χ0n) is 27.4. The molecule has 1 nitrogen and oxygen atoms in total. The summed E-state index contributed by atoms with van der Waals surface area (Å²) in [5, 5.41) is 2.38. The van der Waals surface area contributed by atoms with Gasteiger partial charge in [0, 0.05) is 47.1 Å². The van der Waals surface area contributed by atoms with Crippen LogP contribution in [0.1, 0.15) is 41.7 Å². The molecule has 3 heteroatoms. The molecule has 1 heterocycles. The van der Waals surface area contributed by atoms with Crippen molar-refractivity contribution in [1.82, 2.24) is 0 Å². The van der Waals surface area contributed by atoms with E-state index < -0.39 is 5.60 Å². The lowest BCUT2D eigenvalue weighted by molar-refractivity contribution is 0.163. The average molecular weight is 667 g/mol. The molecule has 49 heavy (non-hydrogen) atoms. The maximum atomic E-state index is 7.54. The Hall–Kier alpha value is -4.96. The first-order valence-corrected chi connectivity index (χ1v) is 18.4. The van der Waals surface area contributed by atoms with Gasteiger partial charge in [0.2, 0.25) is 0 Å². The first kappa shape index (κ1) is 30.1. The van der Waals surface area contributed by atoms with Crippen molar-refractivity contribution < 1.29 is 4.74 Å². The SMILES string of the molecule is CC1(C)c2ccccc2-c2c1c1c(c3ccccc23)OC(c2ccc(Sc3ccccc3)cc2)(c2ccc(Sc3ccccc3)cc2)C=C1. The van der Waals surface area contributed by atoms with E-state index in [-0.39, 0.29) is 5.41 Å². The summed E-state index contributed by atoms with van der Waals surface area (Å²) in [6.07, 6.45) is 4.64. The molecule has 0 bridgehead atoms. The summed E-state index contributed by atoms with van der Waals surface area (Å²) in [5.41, 5.74) is 7.77. The van der Waals surface area contributed by atoms with Crippen LogP contribution in [0.25, 0.3) is 28.0 Å². The van der Waals surface area contributed by atoms with Crippen molar-refractivity contribution in [2.75, 3.05) is 0 Å². The summed E-state index contributed by atoms with van der Waals surface area (Å²) in [7, 11) is 0. The number of benzene rings is 7. The first-order valence-electron chi connectivity index (χ1n) is 16.8. The number of ether oxygens (including phenoxy) is 1. The zero-order chi connectivity index (χ0) is 33.0. The van der Waals surface area contributed by atoms with Crippen LogP contribution in [0.3, 0.4) is 0 Å². The van der Waals surface area contributed by atoms with E-state index in [1.807, 2.05) is 0 Å². The van der Waals surface area contributed by atoms with Gasteiger partial charge in [0.25, 0.3) is 0 Å². The van der Waals surface area contributed by atoms with Crippen molar-refractivity contribution in [1.29, 1.82) is 0 Å². The third-order valence-corrected chi connectivity index (χ3v) is 12.0. The van der Waals surface area contributed by atoms with Crippen LogP contribution in [0.4, 0.5) is 0 Å². The molecule has 7 aromatic rings. The van der Waals surface area contributed by atoms with E-state index >= 15 is 0 Å². The monoisotopic (exact) mass is 666 g/mol. The maximum absolute atomic E-state index is 7.54. The molecule has 236 valence electrons. The van der Waals surface area contributed by atoms with E-state index in [9.17, 15) is 0 Å². The Kier molecular flexibility index (Phi) is 7.30. The van der Waals surface area contributed by atoms with E-state index in [4.69, 9.17) is 4.74 Å². The third-order valence-electron chi connectivity index (χ3n) is 9.97. The Labute approximate surface area is 296 Å². The van der Waals surface area contributed by atoms with Gasteiger partial charge in [-0.3, -0.25) is 0 Å². The molecule has 1 aliphatic heterocycles. The molecule has 0 amide bonds. The van der Waals surface area contributed by atoms with Crippen LogP contribution >= 0.6 is 23.5 Å². The molecule has 2 aliphatic rings. The predicted molar refractivity (Wildman–Crippen MR) is 206 cm³/mol. The third kappa shape index (κ3) is 5.03.